The van der Waals surface area contributed by atoms with Crippen LogP contribution in [0.15, 0.2) is 65.2 Å². The highest BCUT2D eigenvalue weighted by molar-refractivity contribution is 8.05. The number of nitrogens with two attached hydrogens (primary N) is 1. The van der Waals surface area contributed by atoms with E-state index in [1.54, 1.807) is 12.1 Å². The molecule has 0 radical (unpaired) electrons. The molecule has 5 nitrogen and oxygen atoms in total. The molecule has 148 valence electrons. The smallest absolute Gasteiger partial charge is 0.262 e. The number of thioether (sulfide) groups is 1. The van der Waals surface area contributed by atoms with Gasteiger partial charge in [0.1, 0.15) is 16.7 Å². The van der Waals surface area contributed by atoms with E-state index in [9.17, 15) is 14.9 Å². The van der Waals surface area contributed by atoms with Gasteiger partial charge in [0.2, 0.25) is 5.91 Å². The highest BCUT2D eigenvalue weighted by atomic mass is 32.2. The molecule has 0 saturated carbocycles. The van der Waals surface area contributed by atoms with Crippen LogP contribution in [0.1, 0.15) is 30.9 Å². The molecular weight excluding hydrogens is 382 g/mol. The van der Waals surface area contributed by atoms with Crippen LogP contribution in [-0.4, -0.2) is 17.1 Å². The second kappa shape index (κ2) is 9.44. The number of hydrogen-bond acceptors (Lipinski definition) is 4. The molecule has 1 aliphatic heterocycles. The number of primary amides is 1. The van der Waals surface area contributed by atoms with Gasteiger partial charge < -0.3 is 5.73 Å². The number of unbranched alkanes of at least 4 members (excludes halogenated alkanes) is 1. The minimum Gasteiger partial charge on any atom is -0.365 e. The standard InChI is InChI=1S/C23H23N3O2S/c1-2-3-7-16-10-12-17(13-11-16)14-20-22(28)26(18-8-5-4-6-9-18)23(29-20)19(15-24)21(25)27/h4-6,8-13,20H,2-3,7,14H2,1H3,(H2,25,27)/b23-19+/t20-/m1/s1. The fourth-order valence-electron chi connectivity index (χ4n) is 3.25. The van der Waals surface area contributed by atoms with E-state index >= 15 is 0 Å². The summed E-state index contributed by atoms with van der Waals surface area (Å²) < 4.78 is 0. The molecule has 1 fully saturated rings. The maximum atomic E-state index is 13.2. The number of nitrogens with zero attached hydrogens (tertiary/aromatic N) is 2. The van der Waals surface area contributed by atoms with Crippen molar-refractivity contribution in [3.8, 4) is 6.07 Å². The van der Waals surface area contributed by atoms with E-state index in [0.717, 1.165) is 24.8 Å². The van der Waals surface area contributed by atoms with Crippen LogP contribution in [0.2, 0.25) is 0 Å². The summed E-state index contributed by atoms with van der Waals surface area (Å²) in [6.45, 7) is 2.17. The molecule has 2 N–H and O–H groups in total. The van der Waals surface area contributed by atoms with Crippen molar-refractivity contribution in [2.75, 3.05) is 4.90 Å². The van der Waals surface area contributed by atoms with Crippen molar-refractivity contribution in [2.45, 2.75) is 37.9 Å². The molecule has 2 aromatic carbocycles. The molecule has 29 heavy (non-hydrogen) atoms. The van der Waals surface area contributed by atoms with E-state index in [1.807, 2.05) is 36.4 Å². The summed E-state index contributed by atoms with van der Waals surface area (Å²) in [5, 5.41) is 9.31. The van der Waals surface area contributed by atoms with Crippen LogP contribution in [0.3, 0.4) is 0 Å². The fraction of sp³-hybridized carbons (Fsp3) is 0.261. The van der Waals surface area contributed by atoms with Crippen molar-refractivity contribution in [3.05, 3.63) is 76.3 Å². The van der Waals surface area contributed by atoms with Gasteiger partial charge in [-0.15, -0.1) is 0 Å². The first-order valence-corrected chi connectivity index (χ1v) is 10.5. The Kier molecular flexibility index (Phi) is 6.73. The molecule has 1 atom stereocenters. The maximum Gasteiger partial charge on any atom is 0.262 e. The topological polar surface area (TPSA) is 87.2 Å². The number of benzene rings is 2. The lowest BCUT2D eigenvalue weighted by molar-refractivity contribution is -0.117. The Balaban J connectivity index is 1.89. The van der Waals surface area contributed by atoms with Crippen LogP contribution in [0, 0.1) is 11.3 Å². The monoisotopic (exact) mass is 405 g/mol. The van der Waals surface area contributed by atoms with Crippen molar-refractivity contribution in [1.29, 1.82) is 5.26 Å². The van der Waals surface area contributed by atoms with E-state index < -0.39 is 11.2 Å². The summed E-state index contributed by atoms with van der Waals surface area (Å²) in [5.74, 6) is -0.982. The Hall–Kier alpha value is -3.04. The van der Waals surface area contributed by atoms with Gasteiger partial charge in [-0.2, -0.15) is 5.26 Å². The van der Waals surface area contributed by atoms with Gasteiger partial charge in [0.15, 0.2) is 0 Å². The third-order valence-corrected chi connectivity index (χ3v) is 6.07. The van der Waals surface area contributed by atoms with Crippen molar-refractivity contribution in [3.63, 3.8) is 0 Å². The number of amides is 2. The summed E-state index contributed by atoms with van der Waals surface area (Å²) in [5.41, 5.74) is 8.15. The van der Waals surface area contributed by atoms with Gasteiger partial charge in [0.25, 0.3) is 5.91 Å². The average Bonchev–Trinajstić information content (AvgIpc) is 3.04. The highest BCUT2D eigenvalue weighted by Gasteiger charge is 2.40. The van der Waals surface area contributed by atoms with Gasteiger partial charge in [0, 0.05) is 5.69 Å². The van der Waals surface area contributed by atoms with Crippen LogP contribution < -0.4 is 10.6 Å². The number of nitriles is 1. The molecule has 6 heteroatoms. The van der Waals surface area contributed by atoms with Crippen molar-refractivity contribution in [2.24, 2.45) is 5.73 Å². The Morgan fingerprint density at radius 2 is 1.79 bits per heavy atom. The third-order valence-electron chi connectivity index (χ3n) is 4.80. The lowest BCUT2D eigenvalue weighted by Crippen LogP contribution is -2.31. The lowest BCUT2D eigenvalue weighted by Gasteiger charge is -2.18. The third kappa shape index (κ3) is 4.69. The second-order valence-corrected chi connectivity index (χ2v) is 8.09. The van der Waals surface area contributed by atoms with E-state index in [-0.39, 0.29) is 11.5 Å². The number of para-hydroxylation sites is 1. The van der Waals surface area contributed by atoms with Gasteiger partial charge in [-0.1, -0.05) is 67.6 Å². The molecular formula is C23H23N3O2S. The van der Waals surface area contributed by atoms with Crippen LogP contribution in [-0.2, 0) is 22.4 Å². The summed E-state index contributed by atoms with van der Waals surface area (Å²) in [7, 11) is 0. The van der Waals surface area contributed by atoms with Gasteiger partial charge in [0.05, 0.1) is 5.25 Å². The normalized spacial score (nSPS) is 17.9. The number of carbonyl (C=O) groups excluding carboxylic acids is 2. The van der Waals surface area contributed by atoms with Crippen LogP contribution in [0.4, 0.5) is 5.69 Å². The first-order chi connectivity index (χ1) is 14.0. The van der Waals surface area contributed by atoms with Crippen molar-refractivity contribution < 1.29 is 9.59 Å². The van der Waals surface area contributed by atoms with E-state index in [2.05, 4.69) is 19.1 Å². The SMILES string of the molecule is CCCCc1ccc(C[C@H]2S/C(=C(\C#N)C(N)=O)N(c3ccccc3)C2=O)cc1. The number of hydrogen-bond donors (Lipinski definition) is 1. The van der Waals surface area contributed by atoms with Gasteiger partial charge in [-0.05, 0) is 42.5 Å². The highest BCUT2D eigenvalue weighted by Crippen LogP contribution is 2.41. The van der Waals surface area contributed by atoms with Gasteiger partial charge in [-0.25, -0.2) is 0 Å². The molecule has 0 aliphatic carbocycles. The van der Waals surface area contributed by atoms with E-state index in [1.165, 1.54) is 22.2 Å². The zero-order valence-electron chi connectivity index (χ0n) is 16.3. The van der Waals surface area contributed by atoms with Crippen LogP contribution in [0.25, 0.3) is 0 Å². The Morgan fingerprint density at radius 1 is 1.14 bits per heavy atom. The van der Waals surface area contributed by atoms with Gasteiger partial charge in [-0.3, -0.25) is 14.5 Å². The molecule has 1 heterocycles. The Morgan fingerprint density at radius 3 is 2.38 bits per heavy atom. The zero-order valence-corrected chi connectivity index (χ0v) is 17.1. The number of carbonyl (C=O) groups is 2. The Labute approximate surface area is 175 Å². The quantitative estimate of drug-likeness (QED) is 0.558. The predicted molar refractivity (Wildman–Crippen MR) is 116 cm³/mol. The first-order valence-electron chi connectivity index (χ1n) is 9.62. The van der Waals surface area contributed by atoms with E-state index in [0.29, 0.717) is 17.1 Å². The van der Waals surface area contributed by atoms with Crippen LogP contribution >= 0.6 is 11.8 Å². The molecule has 3 rings (SSSR count). The second-order valence-electron chi connectivity index (χ2n) is 6.90. The molecule has 1 aliphatic rings. The zero-order chi connectivity index (χ0) is 20.8. The number of rotatable bonds is 7. The lowest BCUT2D eigenvalue weighted by atomic mass is 10.0. The largest absolute Gasteiger partial charge is 0.365 e. The maximum absolute atomic E-state index is 13.2. The molecule has 0 aromatic heterocycles. The molecule has 0 spiro atoms. The molecule has 0 unspecified atom stereocenters. The minimum absolute atomic E-state index is 0.153. The number of anilines is 1. The van der Waals surface area contributed by atoms with Crippen molar-refractivity contribution >= 4 is 29.3 Å². The summed E-state index contributed by atoms with van der Waals surface area (Å²) >= 11 is 1.23. The Bertz CT molecular complexity index is 962. The fourth-order valence-corrected chi connectivity index (χ4v) is 4.56. The molecule has 2 aromatic rings. The van der Waals surface area contributed by atoms with E-state index in [4.69, 9.17) is 5.73 Å². The molecule has 2 amide bonds. The summed E-state index contributed by atoms with van der Waals surface area (Å²) in [6, 6.07) is 19.2. The number of aryl methyl sites for hydroxylation is 1. The minimum atomic E-state index is -0.829. The summed E-state index contributed by atoms with van der Waals surface area (Å²) in [4.78, 5) is 26.4. The first kappa shape index (κ1) is 20.7. The average molecular weight is 406 g/mol. The van der Waals surface area contributed by atoms with Crippen molar-refractivity contribution in [1.82, 2.24) is 0 Å². The van der Waals surface area contributed by atoms with Crippen LogP contribution in [0.5, 0.6) is 0 Å². The molecule has 0 bridgehead atoms. The predicted octanol–water partition coefficient (Wildman–Crippen LogP) is 3.94. The summed E-state index contributed by atoms with van der Waals surface area (Å²) in [6.07, 6.45) is 3.87. The van der Waals surface area contributed by atoms with Gasteiger partial charge >= 0.3 is 0 Å². The molecule has 1 saturated heterocycles.